The van der Waals surface area contributed by atoms with Gasteiger partial charge in [-0.05, 0) is 17.2 Å². The molecule has 0 saturated carbocycles. The number of hydrogen-bond acceptors (Lipinski definition) is 5. The van der Waals surface area contributed by atoms with E-state index >= 15 is 0 Å². The minimum absolute atomic E-state index is 0.153. The second-order valence-electron chi connectivity index (χ2n) is 5.99. The van der Waals surface area contributed by atoms with Gasteiger partial charge in [0, 0.05) is 0 Å². The summed E-state index contributed by atoms with van der Waals surface area (Å²) in [7, 11) is 0. The molecule has 0 aliphatic carbocycles. The van der Waals surface area contributed by atoms with Crippen LogP contribution in [-0.2, 0) is 14.4 Å². The molecule has 0 fully saturated rings. The second kappa shape index (κ2) is 7.70. The van der Waals surface area contributed by atoms with Crippen molar-refractivity contribution in [1.82, 2.24) is 4.90 Å². The van der Waals surface area contributed by atoms with E-state index in [1.165, 1.54) is 6.08 Å². The Morgan fingerprint density at radius 1 is 1.04 bits per heavy atom. The minimum Gasteiger partial charge on any atom is -0.548 e. The van der Waals surface area contributed by atoms with Crippen molar-refractivity contribution in [2.24, 2.45) is 0 Å². The molecule has 6 heteroatoms. The predicted molar refractivity (Wildman–Crippen MR) is 96.0 cm³/mol. The Hall–Kier alpha value is -3.67. The first-order valence-corrected chi connectivity index (χ1v) is 8.25. The molecule has 6 nitrogen and oxygen atoms in total. The number of carboxylic acid groups (broad SMARTS) is 1. The fraction of sp³-hybridized carbons (Fsp3) is 0.0952. The largest absolute Gasteiger partial charge is 0.548 e. The third-order valence-corrected chi connectivity index (χ3v) is 4.21. The molecule has 0 unspecified atom stereocenters. The van der Waals surface area contributed by atoms with Gasteiger partial charge in [-0.1, -0.05) is 66.7 Å². The second-order valence-corrected chi connectivity index (χ2v) is 5.99. The Bertz CT molecular complexity index is 932. The summed E-state index contributed by atoms with van der Waals surface area (Å²) in [6.45, 7) is -0.734. The molecular formula is C21H16NO5-. The van der Waals surface area contributed by atoms with Crippen molar-refractivity contribution in [2.75, 3.05) is 6.54 Å². The molecule has 27 heavy (non-hydrogen) atoms. The number of ketones is 1. The van der Waals surface area contributed by atoms with Crippen LogP contribution in [0.3, 0.4) is 0 Å². The molecular weight excluding hydrogens is 346 g/mol. The van der Waals surface area contributed by atoms with Crippen LogP contribution in [0.25, 0.3) is 6.08 Å². The summed E-state index contributed by atoms with van der Waals surface area (Å²) in [5.41, 5.74) is 1.14. The van der Waals surface area contributed by atoms with Crippen molar-refractivity contribution in [3.8, 4) is 0 Å². The summed E-state index contributed by atoms with van der Waals surface area (Å²) in [5.74, 6) is -3.71. The van der Waals surface area contributed by atoms with Crippen molar-refractivity contribution in [1.29, 1.82) is 0 Å². The molecule has 136 valence electrons. The first kappa shape index (κ1) is 18.1. The Morgan fingerprint density at radius 2 is 1.63 bits per heavy atom. The zero-order chi connectivity index (χ0) is 19.4. The van der Waals surface area contributed by atoms with E-state index in [2.05, 4.69) is 0 Å². The topological polar surface area (TPSA) is 97.7 Å². The lowest BCUT2D eigenvalue weighted by atomic mass is 9.95. The molecule has 0 radical (unpaired) electrons. The predicted octanol–water partition coefficient (Wildman–Crippen LogP) is 1.41. The summed E-state index contributed by atoms with van der Waals surface area (Å²) in [6, 6.07) is 16.6. The van der Waals surface area contributed by atoms with Gasteiger partial charge >= 0.3 is 0 Å². The Morgan fingerprint density at radius 3 is 2.22 bits per heavy atom. The van der Waals surface area contributed by atoms with Crippen LogP contribution in [0.2, 0.25) is 0 Å². The highest BCUT2D eigenvalue weighted by molar-refractivity contribution is 6.14. The highest BCUT2D eigenvalue weighted by atomic mass is 16.4. The molecule has 1 N–H and O–H groups in total. The number of allylic oxidation sites excluding steroid dienone is 1. The van der Waals surface area contributed by atoms with E-state index < -0.39 is 36.0 Å². The molecule has 1 amide bonds. The monoisotopic (exact) mass is 362 g/mol. The van der Waals surface area contributed by atoms with Crippen LogP contribution < -0.4 is 5.11 Å². The van der Waals surface area contributed by atoms with E-state index in [9.17, 15) is 24.6 Å². The maximum absolute atomic E-state index is 12.7. The standard InChI is InChI=1S/C21H17NO5/c23-16(12-11-14-7-3-1-4-8-14)18-19(15-9-5-2-6-10-15)22(13-17(24)25)21(27)20(18)26/h1-12,19,26H,13H2,(H,24,25)/p-1/b12-11+/t19-/m1/s1. The zero-order valence-electron chi connectivity index (χ0n) is 14.2. The normalized spacial score (nSPS) is 17.0. The van der Waals surface area contributed by atoms with E-state index in [0.29, 0.717) is 5.56 Å². The van der Waals surface area contributed by atoms with E-state index in [4.69, 9.17) is 0 Å². The van der Waals surface area contributed by atoms with Gasteiger partial charge in [-0.25, -0.2) is 0 Å². The summed E-state index contributed by atoms with van der Waals surface area (Å²) in [4.78, 5) is 37.1. The maximum Gasteiger partial charge on any atom is 0.290 e. The van der Waals surface area contributed by atoms with Crippen LogP contribution in [0.4, 0.5) is 0 Å². The molecule has 2 aromatic rings. The Balaban J connectivity index is 1.99. The molecule has 3 rings (SSSR count). The average molecular weight is 362 g/mol. The minimum atomic E-state index is -1.48. The number of aliphatic carboxylic acids is 1. The molecule has 2 aromatic carbocycles. The average Bonchev–Trinajstić information content (AvgIpc) is 2.92. The number of nitrogens with zero attached hydrogens (tertiary/aromatic N) is 1. The van der Waals surface area contributed by atoms with E-state index in [-0.39, 0.29) is 5.57 Å². The van der Waals surface area contributed by atoms with Gasteiger partial charge < -0.3 is 19.9 Å². The number of rotatable bonds is 6. The third kappa shape index (κ3) is 3.79. The lowest BCUT2D eigenvalue weighted by molar-refractivity contribution is -0.306. The summed E-state index contributed by atoms with van der Waals surface area (Å²) in [6.07, 6.45) is 2.82. The number of carbonyl (C=O) groups excluding carboxylic acids is 3. The quantitative estimate of drug-likeness (QED) is 0.784. The van der Waals surface area contributed by atoms with Gasteiger partial charge in [0.1, 0.15) is 0 Å². The van der Waals surface area contributed by atoms with Gasteiger partial charge in [-0.2, -0.15) is 0 Å². The van der Waals surface area contributed by atoms with Gasteiger partial charge in [-0.3, -0.25) is 9.59 Å². The number of amides is 1. The number of aliphatic hydroxyl groups excluding tert-OH is 1. The van der Waals surface area contributed by atoms with Crippen molar-refractivity contribution in [3.63, 3.8) is 0 Å². The number of hydrogen-bond donors (Lipinski definition) is 1. The molecule has 1 heterocycles. The third-order valence-electron chi connectivity index (χ3n) is 4.21. The number of benzene rings is 2. The van der Waals surface area contributed by atoms with E-state index in [1.54, 1.807) is 48.5 Å². The van der Waals surface area contributed by atoms with E-state index in [1.807, 2.05) is 18.2 Å². The van der Waals surface area contributed by atoms with Crippen LogP contribution in [0.1, 0.15) is 17.2 Å². The van der Waals surface area contributed by atoms with Crippen molar-refractivity contribution >= 4 is 23.7 Å². The van der Waals surface area contributed by atoms with Crippen molar-refractivity contribution in [2.45, 2.75) is 6.04 Å². The van der Waals surface area contributed by atoms with Gasteiger partial charge in [-0.15, -0.1) is 0 Å². The molecule has 1 atom stereocenters. The fourth-order valence-corrected chi connectivity index (χ4v) is 3.02. The maximum atomic E-state index is 12.7. The number of carboxylic acids is 1. The lowest BCUT2D eigenvalue weighted by Crippen LogP contribution is -2.41. The highest BCUT2D eigenvalue weighted by Crippen LogP contribution is 2.37. The molecule has 0 aromatic heterocycles. The van der Waals surface area contributed by atoms with Gasteiger partial charge in [0.15, 0.2) is 11.5 Å². The van der Waals surface area contributed by atoms with E-state index in [0.717, 1.165) is 10.5 Å². The first-order valence-electron chi connectivity index (χ1n) is 8.25. The fourth-order valence-electron chi connectivity index (χ4n) is 3.02. The first-order chi connectivity index (χ1) is 13.0. The van der Waals surface area contributed by atoms with Gasteiger partial charge in [0.2, 0.25) is 0 Å². The van der Waals surface area contributed by atoms with Gasteiger partial charge in [0.05, 0.1) is 24.1 Å². The van der Waals surface area contributed by atoms with Crippen LogP contribution in [0, 0.1) is 0 Å². The van der Waals surface area contributed by atoms with Crippen LogP contribution in [-0.4, -0.2) is 34.2 Å². The lowest BCUT2D eigenvalue weighted by Gasteiger charge is -2.26. The van der Waals surface area contributed by atoms with Crippen LogP contribution in [0.15, 0.2) is 78.1 Å². The Kier molecular flexibility index (Phi) is 5.17. The van der Waals surface area contributed by atoms with Crippen molar-refractivity contribution < 1.29 is 24.6 Å². The van der Waals surface area contributed by atoms with Crippen LogP contribution in [0.5, 0.6) is 0 Å². The Labute approximate surface area is 155 Å². The summed E-state index contributed by atoms with van der Waals surface area (Å²) >= 11 is 0. The molecule has 0 bridgehead atoms. The zero-order valence-corrected chi connectivity index (χ0v) is 14.2. The number of aliphatic hydroxyl groups is 1. The SMILES string of the molecule is O=C([O-])CN1C(=O)C(O)=C(C(=O)/C=C/c2ccccc2)[C@H]1c1ccccc1. The molecule has 1 aliphatic rings. The van der Waals surface area contributed by atoms with Gasteiger partial charge in [0.25, 0.3) is 5.91 Å². The molecule has 0 spiro atoms. The molecule has 0 saturated heterocycles. The van der Waals surface area contributed by atoms with Crippen LogP contribution >= 0.6 is 0 Å². The molecule has 1 aliphatic heterocycles. The number of carbonyl (C=O) groups is 3. The summed E-state index contributed by atoms with van der Waals surface area (Å²) in [5, 5.41) is 21.3. The highest BCUT2D eigenvalue weighted by Gasteiger charge is 2.42. The smallest absolute Gasteiger partial charge is 0.290 e. The summed E-state index contributed by atoms with van der Waals surface area (Å²) < 4.78 is 0. The van der Waals surface area contributed by atoms with Crippen molar-refractivity contribution in [3.05, 3.63) is 89.2 Å².